The zero-order chi connectivity index (χ0) is 22.2. The molecular formula is C22H23FN4O3S. The molecule has 0 aliphatic heterocycles. The quantitative estimate of drug-likeness (QED) is 0.508. The molecular weight excluding hydrogens is 419 g/mol. The highest BCUT2D eigenvalue weighted by atomic mass is 32.1. The number of aromatic nitrogens is 2. The lowest BCUT2D eigenvalue weighted by atomic mass is 10.2. The Morgan fingerprint density at radius 3 is 2.61 bits per heavy atom. The van der Waals surface area contributed by atoms with Crippen LogP contribution in [0.25, 0.3) is 0 Å². The highest BCUT2D eigenvalue weighted by molar-refractivity contribution is 7.13. The largest absolute Gasteiger partial charge is 0.462 e. The Bertz CT molecular complexity index is 1040. The molecule has 0 fully saturated rings. The second-order valence-electron chi connectivity index (χ2n) is 6.60. The number of nitrogens with one attached hydrogen (secondary N) is 1. The van der Waals surface area contributed by atoms with Crippen molar-refractivity contribution < 1.29 is 18.7 Å². The first kappa shape index (κ1) is 22.4. The molecule has 1 amide bonds. The molecule has 0 aliphatic rings. The fraction of sp³-hybridized carbons (Fsp3) is 0.273. The number of hydrogen-bond acceptors (Lipinski definition) is 7. The molecule has 0 unspecified atom stereocenters. The standard InChI is InChI=1S/C22H23FN4O3S/c1-3-27(18-7-5-6-16(12-18)22(29)30-4-2)14-19-25-26-21(31-19)20(28)24-13-15-8-10-17(23)11-9-15/h5-12H,3-4,13-14H2,1-2H3,(H,24,28). The van der Waals surface area contributed by atoms with Gasteiger partial charge in [-0.3, -0.25) is 4.79 Å². The maximum Gasteiger partial charge on any atom is 0.338 e. The second-order valence-corrected chi connectivity index (χ2v) is 7.66. The Kier molecular flexibility index (Phi) is 7.66. The molecule has 162 valence electrons. The smallest absolute Gasteiger partial charge is 0.338 e. The second kappa shape index (κ2) is 10.6. The number of halogens is 1. The van der Waals surface area contributed by atoms with Crippen molar-refractivity contribution in [2.75, 3.05) is 18.1 Å². The van der Waals surface area contributed by atoms with Crippen molar-refractivity contribution in [3.8, 4) is 0 Å². The average molecular weight is 443 g/mol. The van der Waals surface area contributed by atoms with Crippen molar-refractivity contribution >= 4 is 28.9 Å². The van der Waals surface area contributed by atoms with Crippen LogP contribution in [0.3, 0.4) is 0 Å². The summed E-state index contributed by atoms with van der Waals surface area (Å²) in [6, 6.07) is 13.1. The molecule has 0 bridgehead atoms. The van der Waals surface area contributed by atoms with Crippen molar-refractivity contribution in [2.45, 2.75) is 26.9 Å². The summed E-state index contributed by atoms with van der Waals surface area (Å²) in [5.74, 6) is -1.02. The topological polar surface area (TPSA) is 84.4 Å². The average Bonchev–Trinajstić information content (AvgIpc) is 3.26. The van der Waals surface area contributed by atoms with Crippen LogP contribution in [0.1, 0.15) is 44.6 Å². The predicted molar refractivity (Wildman–Crippen MR) is 117 cm³/mol. The molecule has 0 saturated heterocycles. The maximum absolute atomic E-state index is 13.0. The van der Waals surface area contributed by atoms with Gasteiger partial charge in [-0.1, -0.05) is 29.5 Å². The molecule has 0 atom stereocenters. The van der Waals surface area contributed by atoms with Crippen LogP contribution in [0.2, 0.25) is 0 Å². The summed E-state index contributed by atoms with van der Waals surface area (Å²) in [7, 11) is 0. The molecule has 3 aromatic rings. The van der Waals surface area contributed by atoms with E-state index in [4.69, 9.17) is 4.74 Å². The van der Waals surface area contributed by atoms with E-state index in [9.17, 15) is 14.0 Å². The van der Waals surface area contributed by atoms with E-state index in [0.29, 0.717) is 30.3 Å². The van der Waals surface area contributed by atoms with Crippen LogP contribution in [0.4, 0.5) is 10.1 Å². The van der Waals surface area contributed by atoms with Crippen molar-refractivity contribution in [2.24, 2.45) is 0 Å². The van der Waals surface area contributed by atoms with Gasteiger partial charge in [0.1, 0.15) is 10.8 Å². The third kappa shape index (κ3) is 6.08. The van der Waals surface area contributed by atoms with Gasteiger partial charge in [0.2, 0.25) is 5.01 Å². The molecule has 0 saturated carbocycles. The highest BCUT2D eigenvalue weighted by Crippen LogP contribution is 2.21. The van der Waals surface area contributed by atoms with Gasteiger partial charge in [-0.2, -0.15) is 0 Å². The summed E-state index contributed by atoms with van der Waals surface area (Å²) in [6.07, 6.45) is 0. The minimum absolute atomic E-state index is 0.258. The number of hydrogen-bond donors (Lipinski definition) is 1. The zero-order valence-electron chi connectivity index (χ0n) is 17.3. The molecule has 3 rings (SSSR count). The number of carbonyl (C=O) groups is 2. The van der Waals surface area contributed by atoms with E-state index in [-0.39, 0.29) is 29.2 Å². The van der Waals surface area contributed by atoms with Crippen LogP contribution in [-0.4, -0.2) is 35.2 Å². The fourth-order valence-corrected chi connectivity index (χ4v) is 3.63. The molecule has 1 heterocycles. The SMILES string of the molecule is CCOC(=O)c1cccc(N(CC)Cc2nnc(C(=O)NCc3ccc(F)cc3)s2)c1. The van der Waals surface area contributed by atoms with Crippen LogP contribution in [0, 0.1) is 5.82 Å². The Hall–Kier alpha value is -3.33. The van der Waals surface area contributed by atoms with Crippen LogP contribution in [0.5, 0.6) is 0 Å². The number of ether oxygens (including phenoxy) is 1. The monoisotopic (exact) mass is 442 g/mol. The van der Waals surface area contributed by atoms with E-state index in [1.54, 1.807) is 37.3 Å². The summed E-state index contributed by atoms with van der Waals surface area (Å²) < 4.78 is 18.0. The predicted octanol–water partition coefficient (Wildman–Crippen LogP) is 3.81. The molecule has 7 nitrogen and oxygen atoms in total. The molecule has 1 aromatic heterocycles. The van der Waals surface area contributed by atoms with Crippen molar-refractivity contribution in [3.63, 3.8) is 0 Å². The zero-order valence-corrected chi connectivity index (χ0v) is 18.1. The first-order valence-electron chi connectivity index (χ1n) is 9.87. The minimum atomic E-state index is -0.364. The lowest BCUT2D eigenvalue weighted by molar-refractivity contribution is 0.0526. The Morgan fingerprint density at radius 2 is 1.90 bits per heavy atom. The molecule has 0 radical (unpaired) electrons. The number of anilines is 1. The Labute approximate surface area is 183 Å². The van der Waals surface area contributed by atoms with Crippen LogP contribution in [0.15, 0.2) is 48.5 Å². The number of nitrogens with zero attached hydrogens (tertiary/aromatic N) is 3. The summed E-state index contributed by atoms with van der Waals surface area (Å²) in [6.45, 7) is 5.48. The summed E-state index contributed by atoms with van der Waals surface area (Å²) >= 11 is 1.21. The lowest BCUT2D eigenvalue weighted by Gasteiger charge is -2.22. The van der Waals surface area contributed by atoms with Crippen LogP contribution >= 0.6 is 11.3 Å². The van der Waals surface area contributed by atoms with Gasteiger partial charge in [0.05, 0.1) is 18.7 Å². The van der Waals surface area contributed by atoms with E-state index in [1.807, 2.05) is 17.9 Å². The highest BCUT2D eigenvalue weighted by Gasteiger charge is 2.16. The summed E-state index contributed by atoms with van der Waals surface area (Å²) in [5, 5.41) is 11.8. The minimum Gasteiger partial charge on any atom is -0.462 e. The summed E-state index contributed by atoms with van der Waals surface area (Å²) in [4.78, 5) is 26.4. The summed E-state index contributed by atoms with van der Waals surface area (Å²) in [5.41, 5.74) is 2.12. The third-order valence-corrected chi connectivity index (χ3v) is 5.36. The third-order valence-electron chi connectivity index (χ3n) is 4.46. The molecule has 2 aromatic carbocycles. The number of carbonyl (C=O) groups excluding carboxylic acids is 2. The first-order chi connectivity index (χ1) is 15.0. The van der Waals surface area contributed by atoms with Crippen LogP contribution < -0.4 is 10.2 Å². The molecule has 0 spiro atoms. The molecule has 9 heteroatoms. The first-order valence-corrected chi connectivity index (χ1v) is 10.7. The molecule has 1 N–H and O–H groups in total. The Morgan fingerprint density at radius 1 is 1.13 bits per heavy atom. The molecule has 0 aliphatic carbocycles. The Balaban J connectivity index is 1.63. The molecule has 31 heavy (non-hydrogen) atoms. The normalized spacial score (nSPS) is 10.5. The van der Waals surface area contributed by atoms with Crippen LogP contribution in [-0.2, 0) is 17.8 Å². The van der Waals surface area contributed by atoms with Crippen molar-refractivity contribution in [3.05, 3.63) is 75.5 Å². The van der Waals surface area contributed by atoms with Gasteiger partial charge in [-0.05, 0) is 49.7 Å². The van der Waals surface area contributed by atoms with Gasteiger partial charge in [-0.25, -0.2) is 9.18 Å². The maximum atomic E-state index is 13.0. The van der Waals surface area contributed by atoms with Gasteiger partial charge in [0.15, 0.2) is 0 Å². The van der Waals surface area contributed by atoms with Gasteiger partial charge in [-0.15, -0.1) is 10.2 Å². The van der Waals surface area contributed by atoms with Gasteiger partial charge < -0.3 is 15.0 Å². The number of rotatable bonds is 9. The van der Waals surface area contributed by atoms with Crippen molar-refractivity contribution in [1.29, 1.82) is 0 Å². The van der Waals surface area contributed by atoms with Gasteiger partial charge in [0, 0.05) is 18.8 Å². The number of esters is 1. The van der Waals surface area contributed by atoms with Crippen molar-refractivity contribution in [1.82, 2.24) is 15.5 Å². The van der Waals surface area contributed by atoms with E-state index in [2.05, 4.69) is 15.5 Å². The van der Waals surface area contributed by atoms with E-state index in [1.165, 1.54) is 23.5 Å². The lowest BCUT2D eigenvalue weighted by Crippen LogP contribution is -2.22. The van der Waals surface area contributed by atoms with E-state index in [0.717, 1.165) is 11.3 Å². The number of amides is 1. The van der Waals surface area contributed by atoms with Gasteiger partial charge >= 0.3 is 5.97 Å². The fourth-order valence-electron chi connectivity index (χ4n) is 2.86. The van der Waals surface area contributed by atoms with Gasteiger partial charge in [0.25, 0.3) is 5.91 Å². The van der Waals surface area contributed by atoms with E-state index >= 15 is 0 Å². The number of benzene rings is 2. The van der Waals surface area contributed by atoms with E-state index < -0.39 is 0 Å².